The zero-order valence-electron chi connectivity index (χ0n) is 16.3. The van der Waals surface area contributed by atoms with E-state index in [2.05, 4.69) is 139 Å². The molecule has 0 unspecified atom stereocenters. The molecule has 4 aromatic rings. The summed E-state index contributed by atoms with van der Waals surface area (Å²) < 4.78 is 3.26. The summed E-state index contributed by atoms with van der Waals surface area (Å²) in [5.74, 6) is 0. The molecule has 0 fully saturated rings. The Morgan fingerprint density at radius 1 is 0.375 bits per heavy atom. The van der Waals surface area contributed by atoms with Crippen molar-refractivity contribution in [3.05, 3.63) is 104 Å². The Labute approximate surface area is 233 Å². The summed E-state index contributed by atoms with van der Waals surface area (Å²) in [7, 11) is 0. The quantitative estimate of drug-likeness (QED) is 0.147. The van der Waals surface area contributed by atoms with Crippen LogP contribution < -0.4 is 0 Å². The van der Waals surface area contributed by atoms with E-state index in [1.54, 1.807) is 0 Å². The minimum absolute atomic E-state index is 1.09. The van der Waals surface area contributed by atoms with Crippen molar-refractivity contribution in [2.45, 2.75) is 0 Å². The van der Waals surface area contributed by atoms with Crippen LogP contribution in [0.5, 0.6) is 0 Å². The monoisotopic (exact) mass is 708 g/mol. The average molecular weight is 713 g/mol. The number of rotatable bonds is 3. The van der Waals surface area contributed by atoms with Crippen LogP contribution in [0.15, 0.2) is 104 Å². The van der Waals surface area contributed by atoms with Gasteiger partial charge in [0, 0.05) is 13.4 Å². The maximum absolute atomic E-state index is 4.97. The van der Waals surface area contributed by atoms with Gasteiger partial charge in [-0.25, -0.2) is 0 Å². The van der Waals surface area contributed by atoms with E-state index in [9.17, 15) is 0 Å². The topological polar surface area (TPSA) is 0 Å². The van der Waals surface area contributed by atoms with Gasteiger partial charge in [0.2, 0.25) is 0 Å². The lowest BCUT2D eigenvalue weighted by Gasteiger charge is -2.12. The van der Waals surface area contributed by atoms with Gasteiger partial charge in [-0.3, -0.25) is 0 Å². The molecule has 0 heterocycles. The first-order chi connectivity index (χ1) is 15.1. The third kappa shape index (κ3) is 8.48. The van der Waals surface area contributed by atoms with E-state index < -0.39 is 5.31 Å². The average Bonchev–Trinajstić information content (AvgIpc) is 2.74. The van der Waals surface area contributed by atoms with Crippen LogP contribution in [0.4, 0.5) is 0 Å². The maximum Gasteiger partial charge on any atom is 0.440 e. The number of hydrogen-bond acceptors (Lipinski definition) is 0. The van der Waals surface area contributed by atoms with Gasteiger partial charge in [-0.2, -0.15) is 0 Å². The molecular weight excluding hydrogens is 698 g/mol. The van der Waals surface area contributed by atoms with Crippen LogP contribution in [0.25, 0.3) is 33.4 Å². The molecule has 0 atom stereocenters. The fourth-order valence-electron chi connectivity index (χ4n) is 3.05. The molecular formula is C24H15Br3Cl4Si. The van der Waals surface area contributed by atoms with E-state index in [1.165, 1.54) is 33.4 Å². The van der Waals surface area contributed by atoms with Gasteiger partial charge >= 0.3 is 5.31 Å². The van der Waals surface area contributed by atoms with E-state index >= 15 is 0 Å². The zero-order chi connectivity index (χ0) is 23.3. The van der Waals surface area contributed by atoms with Crippen molar-refractivity contribution in [2.75, 3.05) is 0 Å². The second-order valence-corrected chi connectivity index (χ2v) is 20.6. The number of hydrogen-bond donors (Lipinski definition) is 0. The van der Waals surface area contributed by atoms with Crippen molar-refractivity contribution < 1.29 is 0 Å². The van der Waals surface area contributed by atoms with E-state index in [0.717, 1.165) is 13.4 Å². The van der Waals surface area contributed by atoms with Crippen molar-refractivity contribution >= 4 is 97.4 Å². The van der Waals surface area contributed by atoms with Crippen molar-refractivity contribution in [1.29, 1.82) is 0 Å². The molecule has 4 rings (SSSR count). The second kappa shape index (κ2) is 11.9. The van der Waals surface area contributed by atoms with E-state index in [0.29, 0.717) is 0 Å². The third-order valence-corrected chi connectivity index (χ3v) is 6.05. The Hall–Kier alpha value is -0.303. The first-order valence-electron chi connectivity index (χ1n) is 9.27. The lowest BCUT2D eigenvalue weighted by atomic mass is 9.93. The highest BCUT2D eigenvalue weighted by Crippen LogP contribution is 2.34. The number of halogens is 7. The Morgan fingerprint density at radius 2 is 0.562 bits per heavy atom. The highest BCUT2D eigenvalue weighted by molar-refractivity contribution is 9.11. The van der Waals surface area contributed by atoms with E-state index in [1.807, 2.05) is 0 Å². The van der Waals surface area contributed by atoms with Gasteiger partial charge in [-0.05, 0) is 88.0 Å². The van der Waals surface area contributed by atoms with Gasteiger partial charge < -0.3 is 0 Å². The molecule has 4 aromatic carbocycles. The summed E-state index contributed by atoms with van der Waals surface area (Å²) in [6.07, 6.45) is 0. The predicted octanol–water partition coefficient (Wildman–Crippen LogP) is 11.4. The molecule has 8 heteroatoms. The summed E-state index contributed by atoms with van der Waals surface area (Å²) in [5.41, 5.74) is 7.24. The second-order valence-electron chi connectivity index (χ2n) is 6.75. The molecule has 0 spiro atoms. The summed E-state index contributed by atoms with van der Waals surface area (Å²) in [6.45, 7) is 0. The molecule has 0 bridgehead atoms. The minimum atomic E-state index is -2.72. The Morgan fingerprint density at radius 3 is 0.750 bits per heavy atom. The third-order valence-electron chi connectivity index (χ3n) is 4.47. The predicted molar refractivity (Wildman–Crippen MR) is 155 cm³/mol. The lowest BCUT2D eigenvalue weighted by Crippen LogP contribution is -1.91. The van der Waals surface area contributed by atoms with Crippen LogP contribution in [0.2, 0.25) is 0 Å². The van der Waals surface area contributed by atoms with Gasteiger partial charge in [0.05, 0.1) is 0 Å². The van der Waals surface area contributed by atoms with Crippen molar-refractivity contribution in [2.24, 2.45) is 0 Å². The van der Waals surface area contributed by atoms with Crippen molar-refractivity contribution in [3.63, 3.8) is 0 Å². The van der Waals surface area contributed by atoms with Gasteiger partial charge in [0.25, 0.3) is 0 Å². The maximum atomic E-state index is 4.97. The normalized spacial score (nSPS) is 11.0. The molecule has 0 aromatic heterocycles. The largest absolute Gasteiger partial charge is 0.440 e. The number of benzene rings is 4. The molecule has 0 aliphatic rings. The van der Waals surface area contributed by atoms with Crippen molar-refractivity contribution in [1.82, 2.24) is 0 Å². The Balaban J connectivity index is 0.000000523. The first kappa shape index (κ1) is 26.3. The smallest absolute Gasteiger partial charge is 0.110 e. The molecule has 0 saturated heterocycles. The molecule has 0 nitrogen and oxygen atoms in total. The first-order valence-corrected chi connectivity index (χ1v) is 17.7. The Bertz CT molecular complexity index is 1010. The summed E-state index contributed by atoms with van der Waals surface area (Å²) in [6, 6.07) is 32.2. The summed E-state index contributed by atoms with van der Waals surface area (Å²) >= 11 is 30.4. The van der Waals surface area contributed by atoms with E-state index in [4.69, 9.17) is 44.3 Å². The fraction of sp³-hybridized carbons (Fsp3) is 0. The van der Waals surface area contributed by atoms with Gasteiger partial charge in [-0.15, -0.1) is 44.3 Å². The van der Waals surface area contributed by atoms with Crippen molar-refractivity contribution in [3.8, 4) is 33.4 Å². The molecule has 0 N–H and O–H groups in total. The van der Waals surface area contributed by atoms with Gasteiger partial charge in [0.1, 0.15) is 0 Å². The lowest BCUT2D eigenvalue weighted by molar-refractivity contribution is 1.54. The molecule has 0 radical (unpaired) electrons. The zero-order valence-corrected chi connectivity index (χ0v) is 25.1. The van der Waals surface area contributed by atoms with E-state index in [-0.39, 0.29) is 0 Å². The SMILES string of the molecule is Brc1ccc(-c2cc(-c3ccc(Br)cc3)cc(-c3ccc(Br)cc3)c2)cc1.Cl[Si](Cl)(Cl)Cl. The molecule has 0 amide bonds. The fourth-order valence-corrected chi connectivity index (χ4v) is 3.85. The highest BCUT2D eigenvalue weighted by Gasteiger charge is 2.19. The van der Waals surface area contributed by atoms with Gasteiger partial charge in [-0.1, -0.05) is 84.2 Å². The summed E-state index contributed by atoms with van der Waals surface area (Å²) in [4.78, 5) is 0. The molecule has 164 valence electrons. The van der Waals surface area contributed by atoms with Crippen LogP contribution in [0.1, 0.15) is 0 Å². The standard InChI is InChI=1S/C24H15Br3.Cl4Si/c25-22-7-1-16(2-8-22)19-13-20(17-3-9-23(26)10-4-17)15-21(14-19)18-5-11-24(27)12-6-18;1-5(2,3)4/h1-15H;. The highest BCUT2D eigenvalue weighted by atomic mass is 79.9. The van der Waals surface area contributed by atoms with Crippen LogP contribution in [-0.4, -0.2) is 5.31 Å². The Kier molecular flexibility index (Phi) is 9.78. The van der Waals surface area contributed by atoms with Crippen LogP contribution >= 0.6 is 92.1 Å². The molecule has 32 heavy (non-hydrogen) atoms. The molecule has 0 aliphatic carbocycles. The van der Waals surface area contributed by atoms with Gasteiger partial charge in [0.15, 0.2) is 0 Å². The van der Waals surface area contributed by atoms with Crippen LogP contribution in [0.3, 0.4) is 0 Å². The molecule has 0 saturated carbocycles. The minimum Gasteiger partial charge on any atom is -0.110 e. The van der Waals surface area contributed by atoms with Crippen LogP contribution in [-0.2, 0) is 0 Å². The summed E-state index contributed by atoms with van der Waals surface area (Å²) in [5, 5.41) is -2.72. The van der Waals surface area contributed by atoms with Crippen LogP contribution in [0, 0.1) is 0 Å². The molecule has 0 aliphatic heterocycles.